The largest absolute Gasteiger partial charge is 0.459 e. The van der Waals surface area contributed by atoms with Crippen LogP contribution in [0.4, 0.5) is 5.82 Å². The summed E-state index contributed by atoms with van der Waals surface area (Å²) >= 11 is 0. The molecular formula is C18H28N4O3. The van der Waals surface area contributed by atoms with Gasteiger partial charge in [-0.05, 0) is 33.2 Å². The molecule has 0 saturated carbocycles. The number of carbonyl (C=O) groups is 1. The number of hydrogen-bond acceptors (Lipinski definition) is 7. The van der Waals surface area contributed by atoms with Crippen molar-refractivity contribution in [2.24, 2.45) is 0 Å². The minimum absolute atomic E-state index is 0.0996. The van der Waals surface area contributed by atoms with Gasteiger partial charge >= 0.3 is 5.97 Å². The molecule has 2 unspecified atom stereocenters. The molecule has 1 aromatic heterocycles. The van der Waals surface area contributed by atoms with Crippen LogP contribution in [0.3, 0.4) is 0 Å². The molecule has 7 heteroatoms. The summed E-state index contributed by atoms with van der Waals surface area (Å²) < 4.78 is 11.3. The lowest BCUT2D eigenvalue weighted by molar-refractivity contribution is -0.161. The SMILES string of the molecule is CCN1CCOCC1C(=O)OC1CCCN(c2cc(C)nc(C)n2)C1. The second-order valence-electron chi connectivity index (χ2n) is 6.78. The molecule has 0 spiro atoms. The quantitative estimate of drug-likeness (QED) is 0.760. The topological polar surface area (TPSA) is 67.8 Å². The number of aryl methyl sites for hydroxylation is 2. The Balaban J connectivity index is 1.62. The van der Waals surface area contributed by atoms with E-state index < -0.39 is 0 Å². The lowest BCUT2D eigenvalue weighted by Crippen LogP contribution is -2.52. The van der Waals surface area contributed by atoms with Crippen molar-refractivity contribution in [1.29, 1.82) is 0 Å². The fourth-order valence-corrected chi connectivity index (χ4v) is 3.58. The van der Waals surface area contributed by atoms with Crippen LogP contribution in [0.2, 0.25) is 0 Å². The highest BCUT2D eigenvalue weighted by molar-refractivity contribution is 5.76. The highest BCUT2D eigenvalue weighted by Gasteiger charge is 2.32. The summed E-state index contributed by atoms with van der Waals surface area (Å²) in [7, 11) is 0. The number of ether oxygens (including phenoxy) is 2. The van der Waals surface area contributed by atoms with Gasteiger partial charge in [0.25, 0.3) is 0 Å². The molecule has 0 aliphatic carbocycles. The van der Waals surface area contributed by atoms with Crippen molar-refractivity contribution in [3.8, 4) is 0 Å². The minimum atomic E-state index is -0.280. The molecule has 0 aromatic carbocycles. The van der Waals surface area contributed by atoms with Gasteiger partial charge in [0.15, 0.2) is 0 Å². The van der Waals surface area contributed by atoms with Gasteiger partial charge in [0, 0.05) is 24.8 Å². The Kier molecular flexibility index (Phi) is 5.86. The van der Waals surface area contributed by atoms with E-state index in [9.17, 15) is 4.79 Å². The van der Waals surface area contributed by atoms with Gasteiger partial charge in [0.1, 0.15) is 23.8 Å². The van der Waals surface area contributed by atoms with Crippen LogP contribution in [0, 0.1) is 13.8 Å². The van der Waals surface area contributed by atoms with Gasteiger partial charge in [-0.1, -0.05) is 6.92 Å². The highest BCUT2D eigenvalue weighted by atomic mass is 16.6. The van der Waals surface area contributed by atoms with Crippen LogP contribution >= 0.6 is 0 Å². The minimum Gasteiger partial charge on any atom is -0.459 e. The van der Waals surface area contributed by atoms with Gasteiger partial charge in [-0.25, -0.2) is 9.97 Å². The Morgan fingerprint density at radius 3 is 2.96 bits per heavy atom. The maximum atomic E-state index is 12.6. The number of anilines is 1. The van der Waals surface area contributed by atoms with E-state index in [1.165, 1.54) is 0 Å². The summed E-state index contributed by atoms with van der Waals surface area (Å²) in [5.41, 5.74) is 0.958. The second-order valence-corrected chi connectivity index (χ2v) is 6.78. The molecule has 2 atom stereocenters. The number of likely N-dealkylation sites (N-methyl/N-ethyl adjacent to an activating group) is 1. The van der Waals surface area contributed by atoms with Gasteiger partial charge < -0.3 is 14.4 Å². The summed E-state index contributed by atoms with van der Waals surface area (Å²) in [5, 5.41) is 0. The van der Waals surface area contributed by atoms with Crippen molar-refractivity contribution in [2.45, 2.75) is 45.8 Å². The van der Waals surface area contributed by atoms with Gasteiger partial charge in [0.2, 0.25) is 0 Å². The first-order valence-corrected chi connectivity index (χ1v) is 9.16. The Bertz CT molecular complexity index is 590. The van der Waals surface area contributed by atoms with Gasteiger partial charge in [-0.15, -0.1) is 0 Å². The lowest BCUT2D eigenvalue weighted by Gasteiger charge is -2.36. The zero-order valence-corrected chi connectivity index (χ0v) is 15.4. The molecule has 2 fully saturated rings. The predicted octanol–water partition coefficient (Wildman–Crippen LogP) is 1.33. The lowest BCUT2D eigenvalue weighted by atomic mass is 10.1. The van der Waals surface area contributed by atoms with Crippen LogP contribution in [-0.4, -0.2) is 72.4 Å². The Morgan fingerprint density at radius 1 is 1.36 bits per heavy atom. The van der Waals surface area contributed by atoms with E-state index in [0.717, 1.165) is 49.8 Å². The summed E-state index contributed by atoms with van der Waals surface area (Å²) in [6.07, 6.45) is 1.78. The third-order valence-corrected chi connectivity index (χ3v) is 4.86. The molecule has 0 bridgehead atoms. The predicted molar refractivity (Wildman–Crippen MR) is 94.7 cm³/mol. The van der Waals surface area contributed by atoms with E-state index >= 15 is 0 Å². The van der Waals surface area contributed by atoms with E-state index in [1.807, 2.05) is 19.9 Å². The smallest absolute Gasteiger partial charge is 0.326 e. The first kappa shape index (κ1) is 18.1. The average Bonchev–Trinajstić information content (AvgIpc) is 2.61. The first-order chi connectivity index (χ1) is 12.1. The Labute approximate surface area is 149 Å². The van der Waals surface area contributed by atoms with Crippen molar-refractivity contribution >= 4 is 11.8 Å². The number of rotatable bonds is 4. The number of carbonyl (C=O) groups excluding carboxylic acids is 1. The van der Waals surface area contributed by atoms with E-state index in [0.29, 0.717) is 19.8 Å². The fraction of sp³-hybridized carbons (Fsp3) is 0.722. The third kappa shape index (κ3) is 4.46. The molecule has 2 aliphatic heterocycles. The van der Waals surface area contributed by atoms with Crippen LogP contribution in [0.25, 0.3) is 0 Å². The molecule has 7 nitrogen and oxygen atoms in total. The van der Waals surface area contributed by atoms with Crippen molar-refractivity contribution in [2.75, 3.05) is 44.3 Å². The van der Waals surface area contributed by atoms with Crippen molar-refractivity contribution < 1.29 is 14.3 Å². The van der Waals surface area contributed by atoms with E-state index in [4.69, 9.17) is 9.47 Å². The normalized spacial score (nSPS) is 25.0. The van der Waals surface area contributed by atoms with Gasteiger partial charge in [-0.2, -0.15) is 0 Å². The number of esters is 1. The zero-order valence-electron chi connectivity index (χ0n) is 15.4. The molecule has 25 heavy (non-hydrogen) atoms. The maximum absolute atomic E-state index is 12.6. The summed E-state index contributed by atoms with van der Waals surface area (Å²) in [6, 6.07) is 1.71. The molecule has 3 rings (SSSR count). The molecule has 3 heterocycles. The number of hydrogen-bond donors (Lipinski definition) is 0. The van der Waals surface area contributed by atoms with E-state index in [2.05, 4.69) is 26.7 Å². The van der Waals surface area contributed by atoms with Crippen LogP contribution in [0.1, 0.15) is 31.3 Å². The van der Waals surface area contributed by atoms with Crippen molar-refractivity contribution in [3.05, 3.63) is 17.6 Å². The molecule has 0 amide bonds. The molecule has 0 radical (unpaired) electrons. The average molecular weight is 348 g/mol. The monoisotopic (exact) mass is 348 g/mol. The van der Waals surface area contributed by atoms with Crippen LogP contribution < -0.4 is 4.90 Å². The maximum Gasteiger partial charge on any atom is 0.326 e. The van der Waals surface area contributed by atoms with E-state index in [-0.39, 0.29) is 18.1 Å². The third-order valence-electron chi connectivity index (χ3n) is 4.86. The summed E-state index contributed by atoms with van der Waals surface area (Å²) in [6.45, 7) is 10.3. The molecule has 2 saturated heterocycles. The standard InChI is InChI=1S/C18H28N4O3/c1-4-21-8-9-24-12-16(21)18(23)25-15-6-5-7-22(11-15)17-10-13(2)19-14(3)20-17/h10,15-16H,4-9,11-12H2,1-3H3. The molecule has 2 aliphatic rings. The fourth-order valence-electron chi connectivity index (χ4n) is 3.58. The van der Waals surface area contributed by atoms with Crippen LogP contribution in [0.15, 0.2) is 6.07 Å². The number of aromatic nitrogens is 2. The summed E-state index contributed by atoms with van der Waals surface area (Å²) in [5.74, 6) is 1.53. The number of nitrogens with zero attached hydrogens (tertiary/aromatic N) is 4. The van der Waals surface area contributed by atoms with Gasteiger partial charge in [-0.3, -0.25) is 9.69 Å². The molecular weight excluding hydrogens is 320 g/mol. The molecule has 0 N–H and O–H groups in total. The molecule has 138 valence electrons. The molecule has 1 aromatic rings. The number of piperidine rings is 1. The van der Waals surface area contributed by atoms with Crippen LogP contribution in [0.5, 0.6) is 0 Å². The Morgan fingerprint density at radius 2 is 2.20 bits per heavy atom. The van der Waals surface area contributed by atoms with Gasteiger partial charge in [0.05, 0.1) is 19.8 Å². The van der Waals surface area contributed by atoms with E-state index in [1.54, 1.807) is 0 Å². The summed E-state index contributed by atoms with van der Waals surface area (Å²) in [4.78, 5) is 25.8. The highest BCUT2D eigenvalue weighted by Crippen LogP contribution is 2.21. The second kappa shape index (κ2) is 8.10. The Hall–Kier alpha value is -1.73. The van der Waals surface area contributed by atoms with Crippen molar-refractivity contribution in [3.63, 3.8) is 0 Å². The number of morpholine rings is 1. The zero-order chi connectivity index (χ0) is 17.8. The van der Waals surface area contributed by atoms with Crippen molar-refractivity contribution in [1.82, 2.24) is 14.9 Å². The first-order valence-electron chi connectivity index (χ1n) is 9.16. The van der Waals surface area contributed by atoms with Crippen LogP contribution in [-0.2, 0) is 14.3 Å².